The molecule has 1 aromatic carbocycles. The molecule has 0 unspecified atom stereocenters. The Balaban J connectivity index is 2.28. The summed E-state index contributed by atoms with van der Waals surface area (Å²) >= 11 is 0. The predicted molar refractivity (Wildman–Crippen MR) is 82.2 cm³/mol. The SMILES string of the molecule is Cc1cccc(Oc2ncc(F)cc2CNC(C)C)c1C. The summed E-state index contributed by atoms with van der Waals surface area (Å²) in [6.45, 7) is 8.63. The first-order chi connectivity index (χ1) is 9.97. The van der Waals surface area contributed by atoms with E-state index in [1.165, 1.54) is 12.3 Å². The molecule has 2 aromatic rings. The summed E-state index contributed by atoms with van der Waals surface area (Å²) in [4.78, 5) is 4.09. The maximum absolute atomic E-state index is 13.4. The van der Waals surface area contributed by atoms with E-state index in [0.29, 0.717) is 24.0 Å². The van der Waals surface area contributed by atoms with E-state index in [1.807, 2.05) is 45.9 Å². The van der Waals surface area contributed by atoms with Gasteiger partial charge in [0.15, 0.2) is 0 Å². The summed E-state index contributed by atoms with van der Waals surface area (Å²) in [5.41, 5.74) is 2.92. The van der Waals surface area contributed by atoms with Gasteiger partial charge in [-0.15, -0.1) is 0 Å². The van der Waals surface area contributed by atoms with Gasteiger partial charge in [-0.3, -0.25) is 0 Å². The summed E-state index contributed by atoms with van der Waals surface area (Å²) in [6.07, 6.45) is 1.18. The van der Waals surface area contributed by atoms with Crippen molar-refractivity contribution in [3.63, 3.8) is 0 Å². The largest absolute Gasteiger partial charge is 0.438 e. The number of benzene rings is 1. The Hall–Kier alpha value is -1.94. The highest BCUT2D eigenvalue weighted by Crippen LogP contribution is 2.28. The molecule has 0 saturated heterocycles. The van der Waals surface area contributed by atoms with Gasteiger partial charge in [-0.05, 0) is 37.1 Å². The molecule has 2 rings (SSSR count). The molecule has 0 radical (unpaired) electrons. The number of hydrogen-bond acceptors (Lipinski definition) is 3. The average Bonchev–Trinajstić information content (AvgIpc) is 2.43. The summed E-state index contributed by atoms with van der Waals surface area (Å²) in [5.74, 6) is 0.835. The quantitative estimate of drug-likeness (QED) is 0.898. The molecule has 0 atom stereocenters. The van der Waals surface area contributed by atoms with E-state index in [1.54, 1.807) is 0 Å². The fourth-order valence-corrected chi connectivity index (χ4v) is 1.94. The summed E-state index contributed by atoms with van der Waals surface area (Å²) in [7, 11) is 0. The van der Waals surface area contributed by atoms with Gasteiger partial charge in [-0.2, -0.15) is 0 Å². The first-order valence-corrected chi connectivity index (χ1v) is 7.09. The van der Waals surface area contributed by atoms with Crippen molar-refractivity contribution in [1.29, 1.82) is 0 Å². The topological polar surface area (TPSA) is 34.1 Å². The maximum Gasteiger partial charge on any atom is 0.223 e. The van der Waals surface area contributed by atoms with E-state index in [0.717, 1.165) is 16.9 Å². The van der Waals surface area contributed by atoms with E-state index in [4.69, 9.17) is 4.74 Å². The molecule has 0 aliphatic carbocycles. The van der Waals surface area contributed by atoms with Gasteiger partial charge in [0.2, 0.25) is 5.88 Å². The maximum atomic E-state index is 13.4. The first kappa shape index (κ1) is 15.4. The van der Waals surface area contributed by atoms with Crippen LogP contribution in [0.25, 0.3) is 0 Å². The van der Waals surface area contributed by atoms with Crippen molar-refractivity contribution in [3.05, 3.63) is 53.0 Å². The Morgan fingerprint density at radius 1 is 1.29 bits per heavy atom. The zero-order valence-electron chi connectivity index (χ0n) is 12.9. The molecule has 1 N–H and O–H groups in total. The molecular weight excluding hydrogens is 267 g/mol. The van der Waals surface area contributed by atoms with Gasteiger partial charge in [-0.25, -0.2) is 9.37 Å². The number of nitrogens with one attached hydrogen (secondary N) is 1. The van der Waals surface area contributed by atoms with Gasteiger partial charge in [0, 0.05) is 18.2 Å². The second kappa shape index (κ2) is 6.68. The van der Waals surface area contributed by atoms with Crippen LogP contribution in [0.3, 0.4) is 0 Å². The molecule has 0 spiro atoms. The number of rotatable bonds is 5. The molecule has 0 amide bonds. The minimum atomic E-state index is -0.358. The Morgan fingerprint density at radius 2 is 2.05 bits per heavy atom. The molecule has 3 nitrogen and oxygen atoms in total. The second-order valence-electron chi connectivity index (χ2n) is 5.45. The lowest BCUT2D eigenvalue weighted by atomic mass is 10.1. The fourth-order valence-electron chi connectivity index (χ4n) is 1.94. The number of aryl methyl sites for hydroxylation is 1. The number of nitrogens with zero attached hydrogens (tertiary/aromatic N) is 1. The van der Waals surface area contributed by atoms with Crippen molar-refractivity contribution in [1.82, 2.24) is 10.3 Å². The number of ether oxygens (including phenoxy) is 1. The van der Waals surface area contributed by atoms with Crippen LogP contribution in [0.5, 0.6) is 11.6 Å². The summed E-state index contributed by atoms with van der Waals surface area (Å²) < 4.78 is 19.3. The Bertz CT molecular complexity index is 626. The molecular formula is C17H21FN2O. The minimum Gasteiger partial charge on any atom is -0.438 e. The van der Waals surface area contributed by atoms with Crippen LogP contribution in [0, 0.1) is 19.7 Å². The third kappa shape index (κ3) is 4.02. The molecule has 112 valence electrons. The van der Waals surface area contributed by atoms with Crippen molar-refractivity contribution in [3.8, 4) is 11.6 Å². The van der Waals surface area contributed by atoms with Crippen LogP contribution in [0.2, 0.25) is 0 Å². The average molecular weight is 288 g/mol. The van der Waals surface area contributed by atoms with E-state index in [9.17, 15) is 4.39 Å². The van der Waals surface area contributed by atoms with Gasteiger partial charge in [0.1, 0.15) is 11.6 Å². The zero-order chi connectivity index (χ0) is 15.4. The molecule has 0 aliphatic rings. The first-order valence-electron chi connectivity index (χ1n) is 7.09. The van der Waals surface area contributed by atoms with Crippen LogP contribution in [0.1, 0.15) is 30.5 Å². The molecule has 4 heteroatoms. The van der Waals surface area contributed by atoms with E-state index < -0.39 is 0 Å². The molecule has 0 bridgehead atoms. The molecule has 21 heavy (non-hydrogen) atoms. The smallest absolute Gasteiger partial charge is 0.223 e. The number of hydrogen-bond donors (Lipinski definition) is 1. The van der Waals surface area contributed by atoms with Crippen LogP contribution in [-0.2, 0) is 6.54 Å². The lowest BCUT2D eigenvalue weighted by molar-refractivity contribution is 0.442. The monoisotopic (exact) mass is 288 g/mol. The minimum absolute atomic E-state index is 0.307. The van der Waals surface area contributed by atoms with Crippen molar-refractivity contribution in [2.45, 2.75) is 40.3 Å². The van der Waals surface area contributed by atoms with Crippen LogP contribution in [0.15, 0.2) is 30.5 Å². The Kier molecular flexibility index (Phi) is 4.91. The highest BCUT2D eigenvalue weighted by atomic mass is 19.1. The highest BCUT2D eigenvalue weighted by Gasteiger charge is 2.11. The van der Waals surface area contributed by atoms with Gasteiger partial charge < -0.3 is 10.1 Å². The molecule has 0 aliphatic heterocycles. The Morgan fingerprint density at radius 3 is 2.76 bits per heavy atom. The van der Waals surface area contributed by atoms with E-state index in [-0.39, 0.29) is 5.82 Å². The van der Waals surface area contributed by atoms with Crippen molar-refractivity contribution in [2.75, 3.05) is 0 Å². The van der Waals surface area contributed by atoms with Gasteiger partial charge in [0.25, 0.3) is 0 Å². The Labute approximate surface area is 125 Å². The number of pyridine rings is 1. The van der Waals surface area contributed by atoms with Gasteiger partial charge in [0.05, 0.1) is 6.20 Å². The van der Waals surface area contributed by atoms with Crippen molar-refractivity contribution >= 4 is 0 Å². The normalized spacial score (nSPS) is 11.0. The third-order valence-electron chi connectivity index (χ3n) is 3.35. The predicted octanol–water partition coefficient (Wildman–Crippen LogP) is 4.13. The van der Waals surface area contributed by atoms with Crippen LogP contribution < -0.4 is 10.1 Å². The summed E-state index contributed by atoms with van der Waals surface area (Å²) in [6, 6.07) is 7.63. The fraction of sp³-hybridized carbons (Fsp3) is 0.353. The molecule has 0 saturated carbocycles. The standard InChI is InChI=1S/C17H21FN2O/c1-11(2)19-9-14-8-15(18)10-20-17(14)21-16-7-5-6-12(3)13(16)4/h5-8,10-11,19H,9H2,1-4H3. The molecule has 1 heterocycles. The van der Waals surface area contributed by atoms with Crippen LogP contribution >= 0.6 is 0 Å². The van der Waals surface area contributed by atoms with Crippen LogP contribution in [-0.4, -0.2) is 11.0 Å². The zero-order valence-corrected chi connectivity index (χ0v) is 12.9. The summed E-state index contributed by atoms with van der Waals surface area (Å²) in [5, 5.41) is 3.25. The lowest BCUT2D eigenvalue weighted by Crippen LogP contribution is -2.22. The lowest BCUT2D eigenvalue weighted by Gasteiger charge is -2.14. The van der Waals surface area contributed by atoms with Crippen LogP contribution in [0.4, 0.5) is 4.39 Å². The second-order valence-corrected chi connectivity index (χ2v) is 5.45. The van der Waals surface area contributed by atoms with E-state index >= 15 is 0 Å². The molecule has 1 aromatic heterocycles. The number of halogens is 1. The molecule has 0 fully saturated rings. The third-order valence-corrected chi connectivity index (χ3v) is 3.35. The van der Waals surface area contributed by atoms with Gasteiger partial charge in [-0.1, -0.05) is 26.0 Å². The van der Waals surface area contributed by atoms with Crippen molar-refractivity contribution < 1.29 is 9.13 Å². The van der Waals surface area contributed by atoms with Gasteiger partial charge >= 0.3 is 0 Å². The van der Waals surface area contributed by atoms with E-state index in [2.05, 4.69) is 10.3 Å². The van der Waals surface area contributed by atoms with Crippen molar-refractivity contribution in [2.24, 2.45) is 0 Å². The number of aromatic nitrogens is 1. The highest BCUT2D eigenvalue weighted by molar-refractivity contribution is 5.41.